The Morgan fingerprint density at radius 2 is 1.90 bits per heavy atom. The van der Waals surface area contributed by atoms with Crippen LogP contribution in [0, 0.1) is 6.92 Å². The van der Waals surface area contributed by atoms with E-state index in [1.807, 2.05) is 37.1 Å². The molecular weight excluding hydrogens is 256 g/mol. The van der Waals surface area contributed by atoms with Gasteiger partial charge in [0.15, 0.2) is 0 Å². The number of carboxylic acid groups (broad SMARTS) is 1. The average molecular weight is 276 g/mol. The monoisotopic (exact) mass is 276 g/mol. The van der Waals surface area contributed by atoms with Gasteiger partial charge in [-0.1, -0.05) is 11.6 Å². The summed E-state index contributed by atoms with van der Waals surface area (Å²) in [5.74, 6) is -1.01. The van der Waals surface area contributed by atoms with E-state index >= 15 is 0 Å². The van der Waals surface area contributed by atoms with Gasteiger partial charge in [0, 0.05) is 32.9 Å². The Labute approximate surface area is 119 Å². The fourth-order valence-corrected chi connectivity index (χ4v) is 1.75. The Morgan fingerprint density at radius 3 is 2.45 bits per heavy atom. The van der Waals surface area contributed by atoms with Gasteiger partial charge in [-0.2, -0.15) is 0 Å². The maximum atomic E-state index is 11.7. The van der Waals surface area contributed by atoms with E-state index in [4.69, 9.17) is 5.11 Å². The molecule has 0 fully saturated rings. The molecule has 108 valence electrons. The summed E-state index contributed by atoms with van der Waals surface area (Å²) in [6.07, 6.45) is 2.64. The van der Waals surface area contributed by atoms with E-state index in [0.717, 1.165) is 22.9 Å². The molecule has 0 aliphatic carbocycles. The lowest BCUT2D eigenvalue weighted by Crippen LogP contribution is -2.34. The second-order valence-corrected chi connectivity index (χ2v) is 4.88. The van der Waals surface area contributed by atoms with Gasteiger partial charge in [-0.3, -0.25) is 4.79 Å². The maximum Gasteiger partial charge on any atom is 0.328 e. The molecule has 0 atom stereocenters. The molecule has 0 bridgehead atoms. The Morgan fingerprint density at radius 1 is 1.25 bits per heavy atom. The molecule has 5 heteroatoms. The molecule has 1 amide bonds. The SMILES string of the molecule is Cc1ccc(N(C)CC(=O)N(C)C)c(/C=C/C(=O)O)c1. The number of aliphatic carboxylic acids is 1. The van der Waals surface area contributed by atoms with E-state index in [-0.39, 0.29) is 12.5 Å². The van der Waals surface area contributed by atoms with Crippen molar-refractivity contribution in [3.05, 3.63) is 35.4 Å². The van der Waals surface area contributed by atoms with Gasteiger partial charge in [-0.25, -0.2) is 4.79 Å². The van der Waals surface area contributed by atoms with Crippen LogP contribution in [0.4, 0.5) is 5.69 Å². The van der Waals surface area contributed by atoms with Crippen molar-refractivity contribution in [1.29, 1.82) is 0 Å². The van der Waals surface area contributed by atoms with Crippen molar-refractivity contribution < 1.29 is 14.7 Å². The third-order valence-electron chi connectivity index (χ3n) is 2.87. The molecule has 1 rings (SSSR count). The first-order valence-electron chi connectivity index (χ1n) is 6.24. The number of aryl methyl sites for hydroxylation is 1. The zero-order valence-corrected chi connectivity index (χ0v) is 12.3. The summed E-state index contributed by atoms with van der Waals surface area (Å²) in [6.45, 7) is 2.18. The first-order chi connectivity index (χ1) is 9.31. The number of hydrogen-bond donors (Lipinski definition) is 1. The minimum atomic E-state index is -0.996. The number of benzene rings is 1. The molecule has 0 aromatic heterocycles. The van der Waals surface area contributed by atoms with Crippen LogP contribution in [0.2, 0.25) is 0 Å². The lowest BCUT2D eigenvalue weighted by atomic mass is 10.1. The Hall–Kier alpha value is -2.30. The largest absolute Gasteiger partial charge is 0.478 e. The Balaban J connectivity index is 3.04. The third-order valence-corrected chi connectivity index (χ3v) is 2.87. The van der Waals surface area contributed by atoms with E-state index < -0.39 is 5.97 Å². The zero-order chi connectivity index (χ0) is 15.3. The highest BCUT2D eigenvalue weighted by Crippen LogP contribution is 2.22. The van der Waals surface area contributed by atoms with Gasteiger partial charge < -0.3 is 14.9 Å². The quantitative estimate of drug-likeness (QED) is 0.830. The van der Waals surface area contributed by atoms with E-state index in [2.05, 4.69) is 0 Å². The molecule has 0 aliphatic rings. The molecule has 0 saturated heterocycles. The van der Waals surface area contributed by atoms with Gasteiger partial charge >= 0.3 is 5.97 Å². The van der Waals surface area contributed by atoms with Crippen molar-refractivity contribution in [2.75, 3.05) is 32.6 Å². The smallest absolute Gasteiger partial charge is 0.328 e. The van der Waals surface area contributed by atoms with E-state index in [9.17, 15) is 9.59 Å². The summed E-state index contributed by atoms with van der Waals surface area (Å²) in [5.41, 5.74) is 2.64. The predicted octanol–water partition coefficient (Wildman–Crippen LogP) is 1.62. The molecule has 5 nitrogen and oxygen atoms in total. The third kappa shape index (κ3) is 4.42. The summed E-state index contributed by atoms with van der Waals surface area (Å²) in [4.78, 5) is 25.7. The molecule has 20 heavy (non-hydrogen) atoms. The molecule has 0 heterocycles. The van der Waals surface area contributed by atoms with Gasteiger partial charge in [0.05, 0.1) is 6.54 Å². The van der Waals surface area contributed by atoms with Crippen LogP contribution in [0.5, 0.6) is 0 Å². The van der Waals surface area contributed by atoms with Crippen LogP contribution in [0.25, 0.3) is 6.08 Å². The molecule has 1 aromatic rings. The van der Waals surface area contributed by atoms with Crippen LogP contribution in [0.3, 0.4) is 0 Å². The number of carbonyl (C=O) groups excluding carboxylic acids is 1. The summed E-state index contributed by atoms with van der Waals surface area (Å²) in [7, 11) is 5.22. The number of hydrogen-bond acceptors (Lipinski definition) is 3. The van der Waals surface area contributed by atoms with Crippen molar-refractivity contribution in [1.82, 2.24) is 4.90 Å². The molecule has 1 N–H and O–H groups in total. The van der Waals surface area contributed by atoms with Crippen LogP contribution in [-0.4, -0.2) is 49.6 Å². The number of anilines is 1. The first kappa shape index (κ1) is 15.8. The molecule has 0 spiro atoms. The number of carbonyl (C=O) groups is 2. The van der Waals surface area contributed by atoms with Crippen molar-refractivity contribution in [3.63, 3.8) is 0 Å². The summed E-state index contributed by atoms with van der Waals surface area (Å²) in [5, 5.41) is 8.73. The standard InChI is InChI=1S/C15H20N2O3/c1-11-5-7-13(12(9-11)6-8-15(19)20)17(4)10-14(18)16(2)3/h5-9H,10H2,1-4H3,(H,19,20)/b8-6+. The molecular formula is C15H20N2O3. The molecule has 0 radical (unpaired) electrons. The van der Waals surface area contributed by atoms with Crippen LogP contribution in [0.1, 0.15) is 11.1 Å². The highest BCUT2D eigenvalue weighted by Gasteiger charge is 2.11. The fraction of sp³-hybridized carbons (Fsp3) is 0.333. The Kier molecular flexibility index (Phi) is 5.32. The lowest BCUT2D eigenvalue weighted by molar-refractivity contribution is -0.131. The second-order valence-electron chi connectivity index (χ2n) is 4.88. The summed E-state index contributed by atoms with van der Waals surface area (Å²) >= 11 is 0. The minimum absolute atomic E-state index is 0.0127. The zero-order valence-electron chi connectivity index (χ0n) is 12.3. The van der Waals surface area contributed by atoms with Crippen LogP contribution in [-0.2, 0) is 9.59 Å². The Bertz CT molecular complexity index is 536. The minimum Gasteiger partial charge on any atom is -0.478 e. The highest BCUT2D eigenvalue weighted by atomic mass is 16.4. The molecule has 0 unspecified atom stereocenters. The summed E-state index contributed by atoms with van der Waals surface area (Å²) < 4.78 is 0. The highest BCUT2D eigenvalue weighted by molar-refractivity contribution is 5.88. The normalized spacial score (nSPS) is 10.6. The number of nitrogens with zero attached hydrogens (tertiary/aromatic N) is 2. The summed E-state index contributed by atoms with van der Waals surface area (Å²) in [6, 6.07) is 5.72. The second kappa shape index (κ2) is 6.75. The van der Waals surface area contributed by atoms with Gasteiger partial charge in [0.25, 0.3) is 0 Å². The van der Waals surface area contributed by atoms with Crippen molar-refractivity contribution in [2.24, 2.45) is 0 Å². The van der Waals surface area contributed by atoms with Gasteiger partial charge in [-0.15, -0.1) is 0 Å². The van der Waals surface area contributed by atoms with Crippen LogP contribution >= 0.6 is 0 Å². The van der Waals surface area contributed by atoms with E-state index in [1.54, 1.807) is 20.2 Å². The average Bonchev–Trinajstić information content (AvgIpc) is 2.35. The molecule has 0 saturated carbocycles. The van der Waals surface area contributed by atoms with Gasteiger partial charge in [0.1, 0.15) is 0 Å². The van der Waals surface area contributed by atoms with Crippen molar-refractivity contribution >= 4 is 23.6 Å². The number of carboxylic acids is 1. The van der Waals surface area contributed by atoms with E-state index in [1.165, 1.54) is 4.90 Å². The van der Waals surface area contributed by atoms with Crippen molar-refractivity contribution in [2.45, 2.75) is 6.92 Å². The lowest BCUT2D eigenvalue weighted by Gasteiger charge is -2.23. The fourth-order valence-electron chi connectivity index (χ4n) is 1.75. The predicted molar refractivity (Wildman–Crippen MR) is 79.8 cm³/mol. The molecule has 1 aromatic carbocycles. The van der Waals surface area contributed by atoms with Gasteiger partial charge in [-0.05, 0) is 30.7 Å². The van der Waals surface area contributed by atoms with Gasteiger partial charge in [0.2, 0.25) is 5.91 Å². The maximum absolute atomic E-state index is 11.7. The number of likely N-dealkylation sites (N-methyl/N-ethyl adjacent to an activating group) is 2. The molecule has 0 aliphatic heterocycles. The van der Waals surface area contributed by atoms with Crippen LogP contribution < -0.4 is 4.90 Å². The number of rotatable bonds is 5. The van der Waals surface area contributed by atoms with Crippen molar-refractivity contribution in [3.8, 4) is 0 Å². The number of amides is 1. The topological polar surface area (TPSA) is 60.9 Å². The first-order valence-corrected chi connectivity index (χ1v) is 6.24. The van der Waals surface area contributed by atoms with Crippen LogP contribution in [0.15, 0.2) is 24.3 Å². The van der Waals surface area contributed by atoms with E-state index in [0.29, 0.717) is 0 Å².